The monoisotopic (exact) mass is 309 g/mol. The van der Waals surface area contributed by atoms with Gasteiger partial charge in [0.05, 0.1) is 0 Å². The van der Waals surface area contributed by atoms with Crippen molar-refractivity contribution in [3.63, 3.8) is 0 Å². The summed E-state index contributed by atoms with van der Waals surface area (Å²) in [5.41, 5.74) is 4.98. The second kappa shape index (κ2) is 7.01. The zero-order valence-electron chi connectivity index (χ0n) is 14.6. The van der Waals surface area contributed by atoms with Gasteiger partial charge in [0.15, 0.2) is 0 Å². The lowest BCUT2D eigenvalue weighted by molar-refractivity contribution is 0.369. The van der Waals surface area contributed by atoms with Gasteiger partial charge in [-0.3, -0.25) is 4.90 Å². The van der Waals surface area contributed by atoms with Crippen LogP contribution in [0.4, 0.5) is 0 Å². The summed E-state index contributed by atoms with van der Waals surface area (Å²) in [7, 11) is 2.10. The van der Waals surface area contributed by atoms with Crippen LogP contribution in [-0.2, 0) is 12.0 Å². The molecule has 2 heteroatoms. The van der Waals surface area contributed by atoms with Crippen molar-refractivity contribution in [3.8, 4) is 5.75 Å². The lowest BCUT2D eigenvalue weighted by atomic mass is 9.87. The van der Waals surface area contributed by atoms with Crippen molar-refractivity contribution in [2.45, 2.75) is 32.7 Å². The number of hydrogen-bond acceptors (Lipinski definition) is 2. The van der Waals surface area contributed by atoms with E-state index in [2.05, 4.69) is 63.6 Å². The van der Waals surface area contributed by atoms with E-state index >= 15 is 0 Å². The Bertz CT molecular complexity index is 648. The van der Waals surface area contributed by atoms with Crippen LogP contribution in [0.1, 0.15) is 37.5 Å². The van der Waals surface area contributed by atoms with E-state index < -0.39 is 0 Å². The molecule has 0 amide bonds. The highest BCUT2D eigenvalue weighted by Crippen LogP contribution is 2.23. The highest BCUT2D eigenvalue weighted by Gasteiger charge is 2.13. The largest absolute Gasteiger partial charge is 0.508 e. The standard InChI is InChI=1S/C21H27NO/c1-16(18-8-12-20(23)13-9-18)14-22(5)15-17-6-10-19(11-7-17)21(2,3)4/h6-13,23H,1,14-15H2,2-5H3. The molecule has 0 radical (unpaired) electrons. The molecule has 0 heterocycles. The summed E-state index contributed by atoms with van der Waals surface area (Å²) in [4.78, 5) is 2.25. The average molecular weight is 309 g/mol. The summed E-state index contributed by atoms with van der Waals surface area (Å²) in [6, 6.07) is 16.1. The maximum Gasteiger partial charge on any atom is 0.115 e. The fourth-order valence-corrected chi connectivity index (χ4v) is 2.59. The lowest BCUT2D eigenvalue weighted by Crippen LogP contribution is -2.20. The topological polar surface area (TPSA) is 23.5 Å². The van der Waals surface area contributed by atoms with Crippen molar-refractivity contribution < 1.29 is 5.11 Å². The Hall–Kier alpha value is -2.06. The van der Waals surface area contributed by atoms with Crippen molar-refractivity contribution >= 4 is 5.57 Å². The van der Waals surface area contributed by atoms with Gasteiger partial charge in [-0.1, -0.05) is 63.7 Å². The van der Waals surface area contributed by atoms with Gasteiger partial charge in [-0.05, 0) is 46.9 Å². The van der Waals surface area contributed by atoms with E-state index in [4.69, 9.17) is 0 Å². The molecule has 2 aromatic carbocycles. The first-order chi connectivity index (χ1) is 10.8. The van der Waals surface area contributed by atoms with Crippen molar-refractivity contribution in [3.05, 3.63) is 71.8 Å². The Balaban J connectivity index is 1.95. The van der Waals surface area contributed by atoms with E-state index in [1.165, 1.54) is 11.1 Å². The number of nitrogens with zero attached hydrogens (tertiary/aromatic N) is 1. The summed E-state index contributed by atoms with van der Waals surface area (Å²) in [6.45, 7) is 12.5. The van der Waals surface area contributed by atoms with Gasteiger partial charge in [0.2, 0.25) is 0 Å². The average Bonchev–Trinajstić information content (AvgIpc) is 2.47. The van der Waals surface area contributed by atoms with Gasteiger partial charge in [-0.2, -0.15) is 0 Å². The molecular weight excluding hydrogens is 282 g/mol. The number of phenolic OH excluding ortho intramolecular Hbond substituents is 1. The third-order valence-corrected chi connectivity index (χ3v) is 4.01. The van der Waals surface area contributed by atoms with Gasteiger partial charge < -0.3 is 5.11 Å². The summed E-state index contributed by atoms with van der Waals surface area (Å²) in [5, 5.41) is 9.35. The molecule has 0 fully saturated rings. The summed E-state index contributed by atoms with van der Waals surface area (Å²) in [6.07, 6.45) is 0. The molecule has 122 valence electrons. The lowest BCUT2D eigenvalue weighted by Gasteiger charge is -2.21. The van der Waals surface area contributed by atoms with E-state index in [-0.39, 0.29) is 11.2 Å². The fraction of sp³-hybridized carbons (Fsp3) is 0.333. The third-order valence-electron chi connectivity index (χ3n) is 4.01. The van der Waals surface area contributed by atoms with Crippen LogP contribution in [0.5, 0.6) is 5.75 Å². The van der Waals surface area contributed by atoms with Crippen LogP contribution in [0.3, 0.4) is 0 Å². The van der Waals surface area contributed by atoms with Crippen LogP contribution in [0.25, 0.3) is 5.57 Å². The Morgan fingerprint density at radius 1 is 1.00 bits per heavy atom. The van der Waals surface area contributed by atoms with Gasteiger partial charge in [-0.25, -0.2) is 0 Å². The molecule has 0 aliphatic rings. The van der Waals surface area contributed by atoms with E-state index in [0.29, 0.717) is 0 Å². The first kappa shape index (κ1) is 17.3. The quantitative estimate of drug-likeness (QED) is 0.854. The van der Waals surface area contributed by atoms with E-state index in [1.54, 1.807) is 12.1 Å². The van der Waals surface area contributed by atoms with Crippen LogP contribution >= 0.6 is 0 Å². The molecule has 0 spiro atoms. The smallest absolute Gasteiger partial charge is 0.115 e. The Morgan fingerprint density at radius 3 is 2.09 bits per heavy atom. The summed E-state index contributed by atoms with van der Waals surface area (Å²) in [5.74, 6) is 0.286. The normalized spacial score (nSPS) is 11.7. The van der Waals surface area contributed by atoms with Crippen LogP contribution in [0.15, 0.2) is 55.1 Å². The SMILES string of the molecule is C=C(CN(C)Cc1ccc(C(C)(C)C)cc1)c1ccc(O)cc1. The predicted molar refractivity (Wildman–Crippen MR) is 98.6 cm³/mol. The third kappa shape index (κ3) is 4.97. The summed E-state index contributed by atoms with van der Waals surface area (Å²) >= 11 is 0. The molecule has 0 unspecified atom stereocenters. The number of phenols is 1. The number of likely N-dealkylation sites (N-methyl/N-ethyl adjacent to an activating group) is 1. The second-order valence-electron chi connectivity index (χ2n) is 7.27. The zero-order valence-corrected chi connectivity index (χ0v) is 14.6. The molecule has 23 heavy (non-hydrogen) atoms. The minimum absolute atomic E-state index is 0.192. The highest BCUT2D eigenvalue weighted by molar-refractivity contribution is 5.65. The molecule has 0 aliphatic heterocycles. The molecule has 0 atom stereocenters. The van der Waals surface area contributed by atoms with E-state index in [0.717, 1.165) is 24.2 Å². The van der Waals surface area contributed by atoms with Crippen LogP contribution in [0, 0.1) is 0 Å². The second-order valence-corrected chi connectivity index (χ2v) is 7.27. The maximum atomic E-state index is 9.35. The van der Waals surface area contributed by atoms with Crippen molar-refractivity contribution in [2.75, 3.05) is 13.6 Å². The molecule has 0 aliphatic carbocycles. The first-order valence-corrected chi connectivity index (χ1v) is 8.01. The van der Waals surface area contributed by atoms with Gasteiger partial charge in [0.1, 0.15) is 5.75 Å². The van der Waals surface area contributed by atoms with Gasteiger partial charge >= 0.3 is 0 Å². The number of benzene rings is 2. The molecule has 0 bridgehead atoms. The Morgan fingerprint density at radius 2 is 1.57 bits per heavy atom. The molecule has 2 aromatic rings. The van der Waals surface area contributed by atoms with Crippen molar-refractivity contribution in [1.29, 1.82) is 0 Å². The molecule has 0 saturated heterocycles. The van der Waals surface area contributed by atoms with Crippen LogP contribution in [-0.4, -0.2) is 23.6 Å². The van der Waals surface area contributed by atoms with Crippen LogP contribution in [0.2, 0.25) is 0 Å². The minimum Gasteiger partial charge on any atom is -0.508 e. The van der Waals surface area contributed by atoms with E-state index in [9.17, 15) is 5.11 Å². The zero-order chi connectivity index (χ0) is 17.0. The molecule has 2 nitrogen and oxygen atoms in total. The molecular formula is C21H27NO. The Labute approximate surface area is 140 Å². The number of aromatic hydroxyl groups is 1. The maximum absolute atomic E-state index is 9.35. The van der Waals surface area contributed by atoms with Crippen molar-refractivity contribution in [1.82, 2.24) is 4.90 Å². The molecule has 0 aromatic heterocycles. The Kier molecular flexibility index (Phi) is 5.27. The first-order valence-electron chi connectivity index (χ1n) is 8.01. The fourth-order valence-electron chi connectivity index (χ4n) is 2.59. The summed E-state index contributed by atoms with van der Waals surface area (Å²) < 4.78 is 0. The van der Waals surface area contributed by atoms with Gasteiger partial charge in [-0.15, -0.1) is 0 Å². The molecule has 1 N–H and O–H groups in total. The van der Waals surface area contributed by atoms with Crippen LogP contribution < -0.4 is 0 Å². The van der Waals surface area contributed by atoms with E-state index in [1.807, 2.05) is 12.1 Å². The number of rotatable bonds is 5. The molecule has 0 saturated carbocycles. The highest BCUT2D eigenvalue weighted by atomic mass is 16.3. The van der Waals surface area contributed by atoms with Crippen molar-refractivity contribution in [2.24, 2.45) is 0 Å². The van der Waals surface area contributed by atoms with Gasteiger partial charge in [0, 0.05) is 13.1 Å². The van der Waals surface area contributed by atoms with Gasteiger partial charge in [0.25, 0.3) is 0 Å². The minimum atomic E-state index is 0.192. The molecule has 2 rings (SSSR count). The number of hydrogen-bond donors (Lipinski definition) is 1. The predicted octanol–water partition coefficient (Wildman–Crippen LogP) is 4.83.